The van der Waals surface area contributed by atoms with Crippen LogP contribution in [0.2, 0.25) is 0 Å². The molecule has 7 heteroatoms. The summed E-state index contributed by atoms with van der Waals surface area (Å²) in [5.74, 6) is -0.163. The number of aromatic nitrogens is 1. The number of aromatic hydroxyl groups is 1. The Hall–Kier alpha value is -4.13. The van der Waals surface area contributed by atoms with Gasteiger partial charge in [-0.2, -0.15) is 5.11 Å². The number of esters is 1. The van der Waals surface area contributed by atoms with Gasteiger partial charge >= 0.3 is 5.97 Å². The van der Waals surface area contributed by atoms with Gasteiger partial charge in [0, 0.05) is 0 Å². The van der Waals surface area contributed by atoms with Crippen molar-refractivity contribution in [3.05, 3.63) is 72.3 Å². The number of ether oxygens (including phenoxy) is 2. The topological polar surface area (TPSA) is 96.3 Å². The molecule has 0 aliphatic heterocycles. The smallest absolute Gasteiger partial charge is 0.342 e. The molecule has 0 saturated heterocycles. The Morgan fingerprint density at radius 2 is 1.74 bits per heavy atom. The third-order valence-electron chi connectivity index (χ3n) is 4.81. The van der Waals surface area contributed by atoms with Crippen LogP contribution in [0.15, 0.2) is 77.0 Å². The number of carbonyl (C=O) groups is 1. The van der Waals surface area contributed by atoms with E-state index in [1.165, 1.54) is 0 Å². The Morgan fingerprint density at radius 1 is 1.00 bits per heavy atom. The number of nitrogens with one attached hydrogen (secondary N) is 1. The van der Waals surface area contributed by atoms with Crippen LogP contribution in [-0.4, -0.2) is 29.8 Å². The maximum Gasteiger partial charge on any atom is 0.342 e. The highest BCUT2D eigenvalue weighted by Crippen LogP contribution is 2.40. The van der Waals surface area contributed by atoms with Crippen molar-refractivity contribution in [2.75, 3.05) is 13.7 Å². The van der Waals surface area contributed by atoms with Gasteiger partial charge in [-0.1, -0.05) is 36.4 Å². The van der Waals surface area contributed by atoms with Crippen molar-refractivity contribution < 1.29 is 19.4 Å². The molecule has 0 unspecified atom stereocenters. The lowest BCUT2D eigenvalue weighted by molar-refractivity contribution is 0.0528. The molecule has 0 atom stereocenters. The van der Waals surface area contributed by atoms with E-state index < -0.39 is 5.97 Å². The Kier molecular flexibility index (Phi) is 5.66. The number of benzene rings is 3. The lowest BCUT2D eigenvalue weighted by atomic mass is 10.0. The largest absolute Gasteiger partial charge is 0.497 e. The summed E-state index contributed by atoms with van der Waals surface area (Å²) in [6, 6.07) is 20.6. The number of nitrogens with zero attached hydrogens (tertiary/aromatic N) is 2. The summed E-state index contributed by atoms with van der Waals surface area (Å²) in [5, 5.41) is 20.9. The minimum atomic E-state index is -0.592. The summed E-state index contributed by atoms with van der Waals surface area (Å²) in [6.45, 7) is 1.91. The van der Waals surface area contributed by atoms with E-state index in [-0.39, 0.29) is 23.7 Å². The van der Waals surface area contributed by atoms with Crippen LogP contribution in [0.3, 0.4) is 0 Å². The maximum absolute atomic E-state index is 12.8. The standard InChI is InChI=1S/C24H21N3O4/c1-3-31-24(29)20-21(17-9-8-15-6-4-5-7-16(15)14-17)25-23(28)22(20)27-26-18-10-12-19(30-2)13-11-18/h4-14,25,28H,3H2,1-2H3. The number of hydrogen-bond acceptors (Lipinski definition) is 6. The fourth-order valence-corrected chi connectivity index (χ4v) is 3.29. The van der Waals surface area contributed by atoms with Gasteiger partial charge in [-0.25, -0.2) is 4.79 Å². The van der Waals surface area contributed by atoms with E-state index in [4.69, 9.17) is 9.47 Å². The SMILES string of the molecule is CCOC(=O)c1c(-c2ccc3ccccc3c2)[nH]c(O)c1N=Nc1ccc(OC)cc1. The van der Waals surface area contributed by atoms with Crippen LogP contribution in [0.4, 0.5) is 11.4 Å². The second-order valence-electron chi connectivity index (χ2n) is 6.75. The number of hydrogen-bond donors (Lipinski definition) is 2. The van der Waals surface area contributed by atoms with Crippen molar-refractivity contribution in [3.8, 4) is 22.9 Å². The third-order valence-corrected chi connectivity index (χ3v) is 4.81. The quantitative estimate of drug-likeness (QED) is 0.292. The van der Waals surface area contributed by atoms with Crippen molar-refractivity contribution in [1.82, 2.24) is 4.98 Å². The molecule has 4 rings (SSSR count). The van der Waals surface area contributed by atoms with Crippen molar-refractivity contribution >= 4 is 28.1 Å². The first-order chi connectivity index (χ1) is 15.1. The van der Waals surface area contributed by atoms with Gasteiger partial charge in [-0.05, 0) is 53.6 Å². The number of methoxy groups -OCH3 is 1. The number of azo groups is 1. The van der Waals surface area contributed by atoms with E-state index >= 15 is 0 Å². The summed E-state index contributed by atoms with van der Waals surface area (Å²) >= 11 is 0. The molecule has 0 aliphatic rings. The molecule has 2 N–H and O–H groups in total. The predicted octanol–water partition coefficient (Wildman–Crippen LogP) is 6.14. The molecule has 0 saturated carbocycles. The first-order valence-electron chi connectivity index (χ1n) is 9.77. The van der Waals surface area contributed by atoms with Crippen molar-refractivity contribution in [1.29, 1.82) is 0 Å². The zero-order chi connectivity index (χ0) is 21.8. The highest BCUT2D eigenvalue weighted by atomic mass is 16.5. The van der Waals surface area contributed by atoms with Crippen molar-refractivity contribution in [2.24, 2.45) is 10.2 Å². The van der Waals surface area contributed by atoms with Crippen LogP contribution < -0.4 is 4.74 Å². The fraction of sp³-hybridized carbons (Fsp3) is 0.125. The number of carbonyl (C=O) groups excluding carboxylic acids is 1. The van der Waals surface area contributed by atoms with Gasteiger partial charge in [0.15, 0.2) is 5.69 Å². The van der Waals surface area contributed by atoms with Gasteiger partial charge in [-0.3, -0.25) is 0 Å². The normalized spacial score (nSPS) is 11.2. The first-order valence-corrected chi connectivity index (χ1v) is 9.77. The average Bonchev–Trinajstić information content (AvgIpc) is 3.14. The molecule has 1 heterocycles. The summed E-state index contributed by atoms with van der Waals surface area (Å²) in [6.07, 6.45) is 0. The van der Waals surface area contributed by atoms with E-state index in [1.807, 2.05) is 42.5 Å². The van der Waals surface area contributed by atoms with Gasteiger partial charge in [0.25, 0.3) is 0 Å². The van der Waals surface area contributed by atoms with E-state index in [2.05, 4.69) is 15.2 Å². The summed E-state index contributed by atoms with van der Waals surface area (Å²) in [5.41, 5.74) is 1.85. The Balaban J connectivity index is 1.80. The number of H-pyrrole nitrogens is 1. The molecule has 156 valence electrons. The lowest BCUT2D eigenvalue weighted by Gasteiger charge is -2.06. The summed E-state index contributed by atoms with van der Waals surface area (Å²) in [4.78, 5) is 15.6. The highest BCUT2D eigenvalue weighted by Gasteiger charge is 2.26. The van der Waals surface area contributed by atoms with Gasteiger partial charge in [0.1, 0.15) is 11.3 Å². The Bertz CT molecular complexity index is 1260. The number of rotatable bonds is 6. The molecule has 0 bridgehead atoms. The second kappa shape index (κ2) is 8.71. The molecule has 0 spiro atoms. The molecule has 31 heavy (non-hydrogen) atoms. The van der Waals surface area contributed by atoms with Gasteiger partial charge < -0.3 is 19.6 Å². The predicted molar refractivity (Wildman–Crippen MR) is 119 cm³/mol. The molecular formula is C24H21N3O4. The molecule has 1 aromatic heterocycles. The van der Waals surface area contributed by atoms with Gasteiger partial charge in [0.05, 0.1) is 25.1 Å². The van der Waals surface area contributed by atoms with Crippen LogP contribution in [0, 0.1) is 0 Å². The van der Waals surface area contributed by atoms with E-state index in [0.29, 0.717) is 17.1 Å². The Labute approximate surface area is 179 Å². The maximum atomic E-state index is 12.8. The zero-order valence-electron chi connectivity index (χ0n) is 17.1. The minimum Gasteiger partial charge on any atom is -0.497 e. The molecule has 7 nitrogen and oxygen atoms in total. The Morgan fingerprint density at radius 3 is 2.45 bits per heavy atom. The second-order valence-corrected chi connectivity index (χ2v) is 6.75. The monoisotopic (exact) mass is 415 g/mol. The van der Waals surface area contributed by atoms with E-state index in [9.17, 15) is 9.90 Å². The molecule has 3 aromatic carbocycles. The minimum absolute atomic E-state index is 0.0254. The van der Waals surface area contributed by atoms with Gasteiger partial charge in [0.2, 0.25) is 5.88 Å². The van der Waals surface area contributed by atoms with Crippen molar-refractivity contribution in [2.45, 2.75) is 6.92 Å². The lowest BCUT2D eigenvalue weighted by Crippen LogP contribution is -2.05. The average molecular weight is 415 g/mol. The zero-order valence-corrected chi connectivity index (χ0v) is 17.1. The third kappa shape index (κ3) is 4.11. The fourth-order valence-electron chi connectivity index (χ4n) is 3.29. The summed E-state index contributed by atoms with van der Waals surface area (Å²) < 4.78 is 10.4. The van der Waals surface area contributed by atoms with Crippen LogP contribution in [0.1, 0.15) is 17.3 Å². The van der Waals surface area contributed by atoms with Crippen molar-refractivity contribution in [3.63, 3.8) is 0 Å². The molecular weight excluding hydrogens is 394 g/mol. The van der Waals surface area contributed by atoms with E-state index in [0.717, 1.165) is 16.3 Å². The molecule has 4 aromatic rings. The highest BCUT2D eigenvalue weighted by molar-refractivity contribution is 6.04. The molecule has 0 radical (unpaired) electrons. The first kappa shape index (κ1) is 20.2. The van der Waals surface area contributed by atoms with Crippen LogP contribution in [0.5, 0.6) is 11.6 Å². The molecule has 0 aliphatic carbocycles. The number of fused-ring (bicyclic) bond motifs is 1. The van der Waals surface area contributed by atoms with E-state index in [1.54, 1.807) is 38.3 Å². The number of aromatic amines is 1. The van der Waals surface area contributed by atoms with Crippen LogP contribution in [-0.2, 0) is 4.74 Å². The van der Waals surface area contributed by atoms with Gasteiger partial charge in [-0.15, -0.1) is 5.11 Å². The van der Waals surface area contributed by atoms with Crippen LogP contribution in [0.25, 0.3) is 22.0 Å². The molecule has 0 amide bonds. The van der Waals surface area contributed by atoms with Crippen LogP contribution >= 0.6 is 0 Å². The summed E-state index contributed by atoms with van der Waals surface area (Å²) in [7, 11) is 1.58. The molecule has 0 fully saturated rings.